The Balaban J connectivity index is 3.35. The third kappa shape index (κ3) is 6.90. The average Bonchev–Trinajstić information content (AvgIpc) is 2.01. The Labute approximate surface area is 67.0 Å². The predicted molar refractivity (Wildman–Crippen MR) is 42.0 cm³/mol. The minimum atomic E-state index is -0.347. The second kappa shape index (κ2) is 7.12. The highest BCUT2D eigenvalue weighted by Gasteiger charge is 1.92. The van der Waals surface area contributed by atoms with Gasteiger partial charge in [-0.2, -0.15) is 0 Å². The highest BCUT2D eigenvalue weighted by molar-refractivity contribution is 5.81. The molecular weight excluding hydrogens is 144 g/mol. The first-order chi connectivity index (χ1) is 5.31. The number of esters is 1. The smallest absolute Gasteiger partial charge is 0.333 e. The Bertz CT molecular complexity index is 129. The second-order valence-electron chi connectivity index (χ2n) is 1.93. The molecule has 64 valence electrons. The summed E-state index contributed by atoms with van der Waals surface area (Å²) in [6.07, 6.45) is 3.46. The maximum Gasteiger partial charge on any atom is 0.333 e. The van der Waals surface area contributed by atoms with Crippen LogP contribution in [0.15, 0.2) is 12.3 Å². The maximum absolute atomic E-state index is 10.7. The minimum absolute atomic E-state index is 0.347. The van der Waals surface area contributed by atoms with Crippen LogP contribution in [0.2, 0.25) is 0 Å². The van der Waals surface area contributed by atoms with Gasteiger partial charge in [0.1, 0.15) is 0 Å². The van der Waals surface area contributed by atoms with E-state index in [-0.39, 0.29) is 5.97 Å². The van der Waals surface area contributed by atoms with Crippen LogP contribution < -0.4 is 0 Å². The molecule has 0 radical (unpaired) electrons. The van der Waals surface area contributed by atoms with E-state index in [9.17, 15) is 4.79 Å². The fourth-order valence-corrected chi connectivity index (χ4v) is 0.451. The van der Waals surface area contributed by atoms with Crippen LogP contribution in [-0.4, -0.2) is 19.2 Å². The van der Waals surface area contributed by atoms with Gasteiger partial charge in [0.15, 0.2) is 0 Å². The average molecular weight is 158 g/mol. The van der Waals surface area contributed by atoms with Crippen molar-refractivity contribution < 1.29 is 14.3 Å². The van der Waals surface area contributed by atoms with E-state index in [0.29, 0.717) is 13.2 Å². The van der Waals surface area contributed by atoms with E-state index in [1.807, 2.05) is 13.8 Å². The van der Waals surface area contributed by atoms with Crippen molar-refractivity contribution in [3.63, 3.8) is 0 Å². The molecule has 0 aromatic carbocycles. The maximum atomic E-state index is 10.7. The second-order valence-corrected chi connectivity index (χ2v) is 1.93. The van der Waals surface area contributed by atoms with Gasteiger partial charge in [-0.15, -0.1) is 0 Å². The van der Waals surface area contributed by atoms with Crippen molar-refractivity contribution in [2.45, 2.75) is 20.3 Å². The quantitative estimate of drug-likeness (QED) is 0.345. The molecule has 0 amide bonds. The first kappa shape index (κ1) is 10.0. The Morgan fingerprint density at radius 3 is 2.73 bits per heavy atom. The first-order valence-corrected chi connectivity index (χ1v) is 3.76. The van der Waals surface area contributed by atoms with E-state index in [1.165, 1.54) is 12.3 Å². The number of hydrogen-bond acceptors (Lipinski definition) is 3. The number of carbonyl (C=O) groups excluding carboxylic acids is 1. The summed E-state index contributed by atoms with van der Waals surface area (Å²) in [6.45, 7) is 4.83. The highest BCUT2D eigenvalue weighted by Crippen LogP contribution is 1.85. The molecular formula is C8H14O3. The number of rotatable bonds is 5. The van der Waals surface area contributed by atoms with Crippen LogP contribution in [0.1, 0.15) is 20.3 Å². The molecule has 0 bridgehead atoms. The summed E-state index contributed by atoms with van der Waals surface area (Å²) in [5.74, 6) is -0.347. The molecule has 0 aliphatic heterocycles. The van der Waals surface area contributed by atoms with Crippen LogP contribution in [0.4, 0.5) is 0 Å². The molecule has 0 saturated carbocycles. The van der Waals surface area contributed by atoms with Crippen LogP contribution in [0, 0.1) is 0 Å². The van der Waals surface area contributed by atoms with Gasteiger partial charge in [-0.05, 0) is 13.3 Å². The van der Waals surface area contributed by atoms with Gasteiger partial charge in [-0.25, -0.2) is 4.79 Å². The van der Waals surface area contributed by atoms with Gasteiger partial charge in [0.2, 0.25) is 0 Å². The molecule has 0 saturated heterocycles. The molecule has 0 rings (SSSR count). The summed E-state index contributed by atoms with van der Waals surface area (Å²) in [5, 5.41) is 0. The summed E-state index contributed by atoms with van der Waals surface area (Å²) in [4.78, 5) is 10.7. The van der Waals surface area contributed by atoms with Crippen LogP contribution >= 0.6 is 0 Å². The SMILES string of the molecule is CCCOC(=O)C=COCC. The van der Waals surface area contributed by atoms with Crippen molar-refractivity contribution >= 4 is 5.97 Å². The van der Waals surface area contributed by atoms with Crippen molar-refractivity contribution in [1.29, 1.82) is 0 Å². The van der Waals surface area contributed by atoms with Gasteiger partial charge in [0.05, 0.1) is 25.6 Å². The number of carbonyl (C=O) groups is 1. The lowest BCUT2D eigenvalue weighted by molar-refractivity contribution is -0.137. The Morgan fingerprint density at radius 1 is 1.45 bits per heavy atom. The van der Waals surface area contributed by atoms with Crippen molar-refractivity contribution in [3.05, 3.63) is 12.3 Å². The lowest BCUT2D eigenvalue weighted by atomic mass is 10.5. The molecule has 0 aliphatic rings. The monoisotopic (exact) mass is 158 g/mol. The summed E-state index contributed by atoms with van der Waals surface area (Å²) in [5.41, 5.74) is 0. The fraction of sp³-hybridized carbons (Fsp3) is 0.625. The first-order valence-electron chi connectivity index (χ1n) is 3.76. The molecule has 0 aliphatic carbocycles. The molecule has 0 atom stereocenters. The largest absolute Gasteiger partial charge is 0.501 e. The number of hydrogen-bond donors (Lipinski definition) is 0. The Hall–Kier alpha value is -0.990. The van der Waals surface area contributed by atoms with Crippen LogP contribution in [0.25, 0.3) is 0 Å². The molecule has 3 heteroatoms. The van der Waals surface area contributed by atoms with Gasteiger partial charge < -0.3 is 9.47 Å². The molecule has 0 heterocycles. The van der Waals surface area contributed by atoms with E-state index in [2.05, 4.69) is 0 Å². The third-order valence-corrected chi connectivity index (χ3v) is 0.915. The molecule has 0 spiro atoms. The zero-order chi connectivity index (χ0) is 8.53. The van der Waals surface area contributed by atoms with E-state index >= 15 is 0 Å². The van der Waals surface area contributed by atoms with Crippen LogP contribution in [0.5, 0.6) is 0 Å². The van der Waals surface area contributed by atoms with Crippen molar-refractivity contribution in [3.8, 4) is 0 Å². The lowest BCUT2D eigenvalue weighted by Crippen LogP contribution is -2.01. The number of ether oxygens (including phenoxy) is 2. The summed E-state index contributed by atoms with van der Waals surface area (Å²) in [7, 11) is 0. The zero-order valence-corrected chi connectivity index (χ0v) is 7.00. The van der Waals surface area contributed by atoms with E-state index in [0.717, 1.165) is 6.42 Å². The normalized spacial score (nSPS) is 10.0. The van der Waals surface area contributed by atoms with Gasteiger partial charge in [0.25, 0.3) is 0 Å². The van der Waals surface area contributed by atoms with Crippen molar-refractivity contribution in [2.24, 2.45) is 0 Å². The fourth-order valence-electron chi connectivity index (χ4n) is 0.451. The van der Waals surface area contributed by atoms with E-state index in [1.54, 1.807) is 0 Å². The minimum Gasteiger partial charge on any atom is -0.501 e. The zero-order valence-electron chi connectivity index (χ0n) is 7.00. The predicted octanol–water partition coefficient (Wildman–Crippen LogP) is 1.49. The van der Waals surface area contributed by atoms with Crippen LogP contribution in [0.3, 0.4) is 0 Å². The van der Waals surface area contributed by atoms with E-state index in [4.69, 9.17) is 9.47 Å². The van der Waals surface area contributed by atoms with Gasteiger partial charge in [-0.3, -0.25) is 0 Å². The van der Waals surface area contributed by atoms with Crippen LogP contribution in [-0.2, 0) is 14.3 Å². The summed E-state index contributed by atoms with van der Waals surface area (Å²) >= 11 is 0. The van der Waals surface area contributed by atoms with Crippen molar-refractivity contribution in [2.75, 3.05) is 13.2 Å². The van der Waals surface area contributed by atoms with Gasteiger partial charge in [-0.1, -0.05) is 6.92 Å². The molecule has 11 heavy (non-hydrogen) atoms. The molecule has 3 nitrogen and oxygen atoms in total. The topological polar surface area (TPSA) is 35.5 Å². The molecule has 0 unspecified atom stereocenters. The van der Waals surface area contributed by atoms with E-state index < -0.39 is 0 Å². The van der Waals surface area contributed by atoms with Gasteiger partial charge >= 0.3 is 5.97 Å². The highest BCUT2D eigenvalue weighted by atomic mass is 16.5. The van der Waals surface area contributed by atoms with Crippen molar-refractivity contribution in [1.82, 2.24) is 0 Å². The summed E-state index contributed by atoms with van der Waals surface area (Å²) in [6, 6.07) is 0. The third-order valence-electron chi connectivity index (χ3n) is 0.915. The molecule has 0 fully saturated rings. The van der Waals surface area contributed by atoms with Gasteiger partial charge in [0, 0.05) is 0 Å². The molecule has 0 aromatic rings. The summed E-state index contributed by atoms with van der Waals surface area (Å²) < 4.78 is 9.53. The molecule has 0 N–H and O–H groups in total. The standard InChI is InChI=1S/C8H14O3/c1-3-6-11-8(9)5-7-10-4-2/h5,7H,3-4,6H2,1-2H3. The Kier molecular flexibility index (Phi) is 6.48. The Morgan fingerprint density at radius 2 is 2.18 bits per heavy atom. The lowest BCUT2D eigenvalue weighted by Gasteiger charge is -1.97. The molecule has 0 aromatic heterocycles.